The molecule has 1 saturated heterocycles. The highest BCUT2D eigenvalue weighted by Gasteiger charge is 2.19. The molecule has 46 heavy (non-hydrogen) atoms. The second-order valence-corrected chi connectivity index (χ2v) is 10.5. The molecule has 2 amide bonds. The fourth-order valence-corrected chi connectivity index (χ4v) is 4.83. The Morgan fingerprint density at radius 2 is 1.85 bits per heavy atom. The van der Waals surface area contributed by atoms with E-state index in [0.29, 0.717) is 60.0 Å². The Balaban J connectivity index is 1.20. The molecule has 0 atom stereocenters. The van der Waals surface area contributed by atoms with Gasteiger partial charge in [0.15, 0.2) is 17.3 Å². The Labute approximate surface area is 265 Å². The number of benzene rings is 1. The molecule has 0 saturated carbocycles. The van der Waals surface area contributed by atoms with Crippen molar-refractivity contribution < 1.29 is 14.3 Å². The molecule has 5 heterocycles. The van der Waals surface area contributed by atoms with Gasteiger partial charge in [0.1, 0.15) is 18.0 Å². The lowest BCUT2D eigenvalue weighted by Gasteiger charge is -2.26. The molecule has 236 valence electrons. The highest BCUT2D eigenvalue weighted by Crippen LogP contribution is 2.27. The Bertz CT molecular complexity index is 1800. The van der Waals surface area contributed by atoms with Crippen molar-refractivity contribution in [2.24, 2.45) is 0 Å². The van der Waals surface area contributed by atoms with Gasteiger partial charge in [0.25, 0.3) is 11.8 Å². The minimum atomic E-state index is -0.309. The van der Waals surface area contributed by atoms with Crippen LogP contribution in [0.5, 0.6) is 0 Å². The molecule has 1 fully saturated rings. The summed E-state index contributed by atoms with van der Waals surface area (Å²) in [6.45, 7) is 6.22. The van der Waals surface area contributed by atoms with Crippen LogP contribution in [0.15, 0.2) is 73.4 Å². The van der Waals surface area contributed by atoms with Gasteiger partial charge in [-0.15, -0.1) is 0 Å². The van der Waals surface area contributed by atoms with Gasteiger partial charge < -0.3 is 26.0 Å². The topological polar surface area (TPSA) is 169 Å². The van der Waals surface area contributed by atoms with Crippen LogP contribution in [0, 0.1) is 6.92 Å². The summed E-state index contributed by atoms with van der Waals surface area (Å²) in [5.74, 6) is 1.55. The molecule has 0 bridgehead atoms. The van der Waals surface area contributed by atoms with Gasteiger partial charge in [-0.05, 0) is 42.8 Å². The van der Waals surface area contributed by atoms with Gasteiger partial charge in [0, 0.05) is 75.3 Å². The van der Waals surface area contributed by atoms with Gasteiger partial charge in [-0.25, -0.2) is 19.6 Å². The quantitative estimate of drug-likeness (QED) is 0.171. The highest BCUT2D eigenvalue weighted by atomic mass is 16.5. The van der Waals surface area contributed by atoms with Crippen molar-refractivity contribution in [2.45, 2.75) is 6.92 Å². The summed E-state index contributed by atoms with van der Waals surface area (Å²) in [5, 5.41) is 21.0. The molecule has 0 spiro atoms. The maximum Gasteiger partial charge on any atom is 0.271 e. The number of carbonyl (C=O) groups is 2. The van der Waals surface area contributed by atoms with E-state index in [-0.39, 0.29) is 17.5 Å². The Hall–Kier alpha value is -5.67. The minimum Gasteiger partial charge on any atom is -0.379 e. The summed E-state index contributed by atoms with van der Waals surface area (Å²) in [5.41, 5.74) is 2.81. The lowest BCUT2D eigenvalue weighted by molar-refractivity contribution is 0.0383. The van der Waals surface area contributed by atoms with Crippen LogP contribution in [0.4, 0.5) is 23.0 Å². The van der Waals surface area contributed by atoms with Gasteiger partial charge in [-0.2, -0.15) is 14.9 Å². The minimum absolute atomic E-state index is 0.224. The van der Waals surface area contributed by atoms with Crippen LogP contribution in [0.1, 0.15) is 26.4 Å². The summed E-state index contributed by atoms with van der Waals surface area (Å²) in [7, 11) is 1.76. The van der Waals surface area contributed by atoms with Crippen molar-refractivity contribution in [2.75, 3.05) is 62.4 Å². The molecule has 1 aliphatic heterocycles. The summed E-state index contributed by atoms with van der Waals surface area (Å²) in [6.07, 6.45) is 6.37. The van der Waals surface area contributed by atoms with Gasteiger partial charge >= 0.3 is 0 Å². The van der Waals surface area contributed by atoms with Crippen LogP contribution >= 0.6 is 0 Å². The first-order chi connectivity index (χ1) is 22.5. The molecule has 1 aromatic carbocycles. The molecule has 6 rings (SSSR count). The maximum atomic E-state index is 13.2. The molecule has 15 heteroatoms. The average Bonchev–Trinajstić information content (AvgIpc) is 3.78. The third kappa shape index (κ3) is 7.17. The maximum absolute atomic E-state index is 13.2. The zero-order valence-electron chi connectivity index (χ0n) is 25.5. The zero-order chi connectivity index (χ0) is 31.9. The van der Waals surface area contributed by atoms with Gasteiger partial charge in [-0.3, -0.25) is 14.5 Å². The Morgan fingerprint density at radius 1 is 0.978 bits per heavy atom. The molecular weight excluding hydrogens is 588 g/mol. The van der Waals surface area contributed by atoms with Gasteiger partial charge in [0.2, 0.25) is 0 Å². The third-order valence-corrected chi connectivity index (χ3v) is 7.39. The number of aromatic nitrogens is 7. The first kappa shape index (κ1) is 30.4. The average molecular weight is 623 g/mol. The zero-order valence-corrected chi connectivity index (χ0v) is 25.5. The van der Waals surface area contributed by atoms with Crippen LogP contribution in [0.3, 0.4) is 0 Å². The molecular formula is C31H34N12O3. The van der Waals surface area contributed by atoms with E-state index in [4.69, 9.17) is 4.74 Å². The summed E-state index contributed by atoms with van der Waals surface area (Å²) >= 11 is 0. The number of morpholine rings is 1. The fourth-order valence-electron chi connectivity index (χ4n) is 4.83. The largest absolute Gasteiger partial charge is 0.379 e. The number of aryl methyl sites for hydroxylation is 1. The molecule has 4 N–H and O–H groups in total. The number of anilines is 4. The number of hydrogen-bond donors (Lipinski definition) is 4. The van der Waals surface area contributed by atoms with Crippen molar-refractivity contribution >= 4 is 34.8 Å². The number of nitrogens with zero attached hydrogens (tertiary/aromatic N) is 8. The first-order valence-corrected chi connectivity index (χ1v) is 14.8. The molecule has 5 aromatic rings. The SMILES string of the molecule is CNc1cc(-n2nc(C(=O)NCCN3CCOCC3)cc2Nc2cc(NC(=O)c3ccc(-n4cccn4)nc3)ccc2C)ncn1. The predicted molar refractivity (Wildman–Crippen MR) is 172 cm³/mol. The van der Waals surface area contributed by atoms with E-state index in [0.717, 1.165) is 25.2 Å². The standard InChI is InChI=1S/C31H34N12O3/c1-21-4-6-23(38-30(44)22-5-7-27(34-19-22)42-10-3-8-37-42)16-24(21)39-29-17-25(31(45)33-9-11-41-12-14-46-15-13-41)40-43(29)28-18-26(32-2)35-20-36-28/h3-8,10,16-20,39H,9,11-15H2,1-2H3,(H,33,45)(H,38,44)(H,32,35,36). The van der Waals surface area contributed by atoms with Crippen LogP contribution in [0.25, 0.3) is 11.6 Å². The van der Waals surface area contributed by atoms with E-state index in [9.17, 15) is 9.59 Å². The number of ether oxygens (including phenoxy) is 1. The molecule has 0 unspecified atom stereocenters. The van der Waals surface area contributed by atoms with Crippen LogP contribution in [-0.4, -0.2) is 97.7 Å². The molecule has 1 aliphatic rings. The lowest BCUT2D eigenvalue weighted by Crippen LogP contribution is -2.41. The predicted octanol–water partition coefficient (Wildman–Crippen LogP) is 2.65. The second kappa shape index (κ2) is 14.0. The lowest BCUT2D eigenvalue weighted by atomic mass is 10.1. The number of carbonyl (C=O) groups excluding carboxylic acids is 2. The molecule has 0 aliphatic carbocycles. The van der Waals surface area contributed by atoms with Crippen molar-refractivity contribution in [1.82, 2.24) is 44.7 Å². The van der Waals surface area contributed by atoms with E-state index in [1.165, 1.54) is 12.5 Å². The number of nitrogens with one attached hydrogen (secondary N) is 4. The second-order valence-electron chi connectivity index (χ2n) is 10.5. The van der Waals surface area contributed by atoms with Crippen LogP contribution < -0.4 is 21.3 Å². The number of pyridine rings is 1. The monoisotopic (exact) mass is 622 g/mol. The fraction of sp³-hybridized carbons (Fsp3) is 0.258. The van der Waals surface area contributed by atoms with Crippen molar-refractivity contribution in [3.63, 3.8) is 0 Å². The smallest absolute Gasteiger partial charge is 0.271 e. The first-order valence-electron chi connectivity index (χ1n) is 14.8. The van der Waals surface area contributed by atoms with Crippen LogP contribution in [0.2, 0.25) is 0 Å². The summed E-state index contributed by atoms with van der Waals surface area (Å²) in [6, 6.07) is 14.1. The van der Waals surface area contributed by atoms with Crippen LogP contribution in [-0.2, 0) is 4.74 Å². The molecule has 4 aromatic heterocycles. The van der Waals surface area contributed by atoms with E-state index >= 15 is 0 Å². The van der Waals surface area contributed by atoms with E-state index in [1.54, 1.807) is 59.1 Å². The van der Waals surface area contributed by atoms with E-state index in [1.807, 2.05) is 25.1 Å². The van der Waals surface area contributed by atoms with Gasteiger partial charge in [0.05, 0.1) is 18.8 Å². The summed E-state index contributed by atoms with van der Waals surface area (Å²) < 4.78 is 8.57. The van der Waals surface area contributed by atoms with Crippen molar-refractivity contribution in [3.05, 3.63) is 90.3 Å². The highest BCUT2D eigenvalue weighted by molar-refractivity contribution is 6.04. The number of amides is 2. The Morgan fingerprint density at radius 3 is 2.61 bits per heavy atom. The molecule has 0 radical (unpaired) electrons. The number of hydrogen-bond acceptors (Lipinski definition) is 11. The van der Waals surface area contributed by atoms with Crippen molar-refractivity contribution in [3.8, 4) is 11.6 Å². The van der Waals surface area contributed by atoms with Gasteiger partial charge in [-0.1, -0.05) is 6.07 Å². The summed E-state index contributed by atoms with van der Waals surface area (Å²) in [4.78, 5) is 41.4. The van der Waals surface area contributed by atoms with Crippen molar-refractivity contribution in [1.29, 1.82) is 0 Å². The molecule has 15 nitrogen and oxygen atoms in total. The Kier molecular flexibility index (Phi) is 9.22. The number of rotatable bonds is 11. The normalized spacial score (nSPS) is 13.3. The van der Waals surface area contributed by atoms with E-state index in [2.05, 4.69) is 51.3 Å². The third-order valence-electron chi connectivity index (χ3n) is 7.39. The van der Waals surface area contributed by atoms with E-state index < -0.39 is 0 Å².